The summed E-state index contributed by atoms with van der Waals surface area (Å²) < 4.78 is 42.8. The standard InChI is InChI=1S/C21H17BrFN5.C14H10BrFN4OS/c1-14(15-5-3-2-4-6-15)25-21-24-12-11-19(27-21)28-13-18(22)26-20(28)16-7-9-17(23)10-8-16;1-22(21)14-17-7-6-12(19-14)20-8-11(15)18-13(20)9-2-4-10(16)5-3-9/h2-14H,1H3,(H,24,25,27);2-8H,1H3/t14-;/m0./s1. The molecule has 7 aromatic rings. The molecular weight excluding hydrogens is 792 g/mol. The molecule has 0 fully saturated rings. The van der Waals surface area contributed by atoms with Crippen LogP contribution in [-0.2, 0) is 10.8 Å². The van der Waals surface area contributed by atoms with Crippen molar-refractivity contribution in [3.63, 3.8) is 0 Å². The van der Waals surface area contributed by atoms with E-state index in [1.165, 1.54) is 30.5 Å². The Kier molecular flexibility index (Phi) is 10.9. The average Bonchev–Trinajstić information content (AvgIpc) is 3.72. The summed E-state index contributed by atoms with van der Waals surface area (Å²) in [6, 6.07) is 25.9. The first-order valence-corrected chi connectivity index (χ1v) is 18.1. The van der Waals surface area contributed by atoms with Gasteiger partial charge >= 0.3 is 0 Å². The lowest BCUT2D eigenvalue weighted by atomic mass is 10.1. The second-order valence-electron chi connectivity index (χ2n) is 10.7. The number of imidazole rings is 2. The van der Waals surface area contributed by atoms with Gasteiger partial charge in [0.25, 0.3) is 0 Å². The maximum absolute atomic E-state index is 13.3. The summed E-state index contributed by atoms with van der Waals surface area (Å²) in [6.07, 6.45) is 8.32. The Labute approximate surface area is 305 Å². The molecule has 0 aliphatic rings. The number of hydrogen-bond acceptors (Lipinski definition) is 8. The third-order valence-electron chi connectivity index (χ3n) is 7.21. The maximum atomic E-state index is 13.3. The first-order valence-electron chi connectivity index (χ1n) is 15.0. The van der Waals surface area contributed by atoms with Crippen molar-refractivity contribution in [3.8, 4) is 34.4 Å². The van der Waals surface area contributed by atoms with E-state index in [4.69, 9.17) is 0 Å². The van der Waals surface area contributed by atoms with Crippen molar-refractivity contribution in [2.24, 2.45) is 0 Å². The number of aromatic nitrogens is 8. The zero-order valence-electron chi connectivity index (χ0n) is 26.5. The highest BCUT2D eigenvalue weighted by Crippen LogP contribution is 2.27. The number of benzene rings is 3. The molecular formula is C35H27Br2F2N9OS. The van der Waals surface area contributed by atoms with Crippen molar-refractivity contribution in [1.82, 2.24) is 39.0 Å². The molecule has 7 rings (SSSR count). The summed E-state index contributed by atoms with van der Waals surface area (Å²) in [7, 11) is -1.28. The molecule has 0 radical (unpaired) electrons. The van der Waals surface area contributed by atoms with E-state index in [2.05, 4.69) is 86.1 Å². The average molecular weight is 820 g/mol. The number of anilines is 1. The monoisotopic (exact) mass is 817 g/mol. The number of nitrogens with one attached hydrogen (secondary N) is 1. The van der Waals surface area contributed by atoms with Gasteiger partial charge in [0, 0.05) is 42.2 Å². The number of rotatable bonds is 8. The van der Waals surface area contributed by atoms with Gasteiger partial charge in [0.15, 0.2) is 0 Å². The van der Waals surface area contributed by atoms with Crippen molar-refractivity contribution in [2.45, 2.75) is 18.1 Å². The lowest BCUT2D eigenvalue weighted by Crippen LogP contribution is -2.10. The van der Waals surface area contributed by atoms with Crippen LogP contribution in [0.4, 0.5) is 14.7 Å². The van der Waals surface area contributed by atoms with E-state index >= 15 is 0 Å². The van der Waals surface area contributed by atoms with Crippen LogP contribution in [0.3, 0.4) is 0 Å². The van der Waals surface area contributed by atoms with E-state index in [9.17, 15) is 13.0 Å². The molecule has 4 heterocycles. The van der Waals surface area contributed by atoms with Crippen molar-refractivity contribution in [1.29, 1.82) is 0 Å². The summed E-state index contributed by atoms with van der Waals surface area (Å²) in [5.41, 5.74) is 2.68. The van der Waals surface area contributed by atoms with Gasteiger partial charge in [-0.2, -0.15) is 4.98 Å². The number of nitrogens with zero attached hydrogens (tertiary/aromatic N) is 8. The predicted molar refractivity (Wildman–Crippen MR) is 195 cm³/mol. The van der Waals surface area contributed by atoms with Gasteiger partial charge < -0.3 is 5.32 Å². The van der Waals surface area contributed by atoms with Crippen LogP contribution in [0.25, 0.3) is 34.4 Å². The summed E-state index contributed by atoms with van der Waals surface area (Å²) in [6.45, 7) is 2.06. The van der Waals surface area contributed by atoms with E-state index in [0.717, 1.165) is 16.7 Å². The number of hydrogen-bond donors (Lipinski definition) is 1. The summed E-state index contributed by atoms with van der Waals surface area (Å²) in [5.74, 6) is 2.37. The molecule has 0 saturated heterocycles. The van der Waals surface area contributed by atoms with Gasteiger partial charge in [-0.05, 0) is 105 Å². The van der Waals surface area contributed by atoms with E-state index in [-0.39, 0.29) is 22.8 Å². The molecule has 2 atom stereocenters. The molecule has 4 aromatic heterocycles. The molecule has 15 heteroatoms. The third kappa shape index (κ3) is 8.41. The van der Waals surface area contributed by atoms with Gasteiger partial charge in [-0.25, -0.2) is 33.7 Å². The molecule has 10 nitrogen and oxygen atoms in total. The molecule has 0 aliphatic carbocycles. The van der Waals surface area contributed by atoms with Crippen LogP contribution in [-0.4, -0.2) is 49.5 Å². The van der Waals surface area contributed by atoms with Crippen molar-refractivity contribution in [2.75, 3.05) is 11.6 Å². The fourth-order valence-corrected chi connectivity index (χ4v) is 6.01. The second kappa shape index (κ2) is 15.7. The molecule has 0 saturated carbocycles. The molecule has 252 valence electrons. The fraction of sp³-hybridized carbons (Fsp3) is 0.0857. The molecule has 3 aromatic carbocycles. The van der Waals surface area contributed by atoms with Gasteiger partial charge in [0.2, 0.25) is 11.1 Å². The van der Waals surface area contributed by atoms with Gasteiger partial charge in [-0.15, -0.1) is 0 Å². The fourth-order valence-electron chi connectivity index (χ4n) is 4.83. The summed E-state index contributed by atoms with van der Waals surface area (Å²) >= 11 is 6.75. The SMILES string of the molecule is CS(=O)c1nccc(-n2cc(Br)nc2-c2ccc(F)cc2)n1.C[C@H](Nc1nccc(-n2cc(Br)nc2-c2ccc(F)cc2)n1)c1ccccc1. The first kappa shape index (κ1) is 34.9. The summed E-state index contributed by atoms with van der Waals surface area (Å²) in [5, 5.41) is 3.57. The smallest absolute Gasteiger partial charge is 0.225 e. The van der Waals surface area contributed by atoms with E-state index in [1.54, 1.807) is 59.6 Å². The first-order chi connectivity index (χ1) is 24.1. The minimum absolute atomic E-state index is 0.0579. The highest BCUT2D eigenvalue weighted by atomic mass is 79.9. The van der Waals surface area contributed by atoms with Crippen LogP contribution < -0.4 is 5.32 Å². The van der Waals surface area contributed by atoms with Crippen LogP contribution in [0, 0.1) is 11.6 Å². The molecule has 0 spiro atoms. The summed E-state index contributed by atoms with van der Waals surface area (Å²) in [4.78, 5) is 26.1. The normalized spacial score (nSPS) is 12.1. The second-order valence-corrected chi connectivity index (χ2v) is 13.6. The highest BCUT2D eigenvalue weighted by molar-refractivity contribution is 9.10. The third-order valence-corrected chi connectivity index (χ3v) is 8.69. The highest BCUT2D eigenvalue weighted by Gasteiger charge is 2.15. The van der Waals surface area contributed by atoms with Crippen LogP contribution in [0.1, 0.15) is 18.5 Å². The van der Waals surface area contributed by atoms with Crippen LogP contribution >= 0.6 is 31.9 Å². The van der Waals surface area contributed by atoms with Crippen molar-refractivity contribution >= 4 is 48.6 Å². The topological polar surface area (TPSA) is 116 Å². The molecule has 50 heavy (non-hydrogen) atoms. The molecule has 0 bridgehead atoms. The Morgan fingerprint density at radius 2 is 1.18 bits per heavy atom. The zero-order valence-corrected chi connectivity index (χ0v) is 30.4. The molecule has 1 unspecified atom stereocenters. The van der Waals surface area contributed by atoms with Gasteiger partial charge in [-0.3, -0.25) is 13.3 Å². The molecule has 0 amide bonds. The van der Waals surface area contributed by atoms with Gasteiger partial charge in [0.1, 0.15) is 44.1 Å². The van der Waals surface area contributed by atoms with E-state index < -0.39 is 10.8 Å². The van der Waals surface area contributed by atoms with Crippen LogP contribution in [0.2, 0.25) is 0 Å². The molecule has 1 N–H and O–H groups in total. The Bertz CT molecular complexity index is 2250. The predicted octanol–water partition coefficient (Wildman–Crippen LogP) is 8.37. The zero-order chi connectivity index (χ0) is 35.2. The Balaban J connectivity index is 0.000000178. The van der Waals surface area contributed by atoms with Gasteiger partial charge in [-0.1, -0.05) is 30.3 Å². The van der Waals surface area contributed by atoms with E-state index in [1.807, 2.05) is 29.0 Å². The van der Waals surface area contributed by atoms with Gasteiger partial charge in [0.05, 0.1) is 16.8 Å². The quantitative estimate of drug-likeness (QED) is 0.152. The minimum Gasteiger partial charge on any atom is -0.348 e. The lowest BCUT2D eigenvalue weighted by Gasteiger charge is -2.15. The maximum Gasteiger partial charge on any atom is 0.225 e. The lowest BCUT2D eigenvalue weighted by molar-refractivity contribution is 0.627. The Morgan fingerprint density at radius 3 is 1.70 bits per heavy atom. The van der Waals surface area contributed by atoms with Crippen LogP contribution in [0.15, 0.2) is 130 Å². The van der Waals surface area contributed by atoms with Crippen molar-refractivity contribution < 1.29 is 13.0 Å². The van der Waals surface area contributed by atoms with E-state index in [0.29, 0.717) is 38.4 Å². The minimum atomic E-state index is -1.28. The number of halogens is 4. The van der Waals surface area contributed by atoms with Crippen LogP contribution in [0.5, 0.6) is 0 Å². The molecule has 0 aliphatic heterocycles. The Hall–Kier alpha value is -4.99. The van der Waals surface area contributed by atoms with Crippen molar-refractivity contribution in [3.05, 3.63) is 142 Å². The largest absolute Gasteiger partial charge is 0.348 e. The Morgan fingerprint density at radius 1 is 0.680 bits per heavy atom.